The maximum absolute atomic E-state index is 12.5. The summed E-state index contributed by atoms with van der Waals surface area (Å²) < 4.78 is 0. The van der Waals surface area contributed by atoms with Crippen molar-refractivity contribution in [2.45, 2.75) is 25.9 Å². The Morgan fingerprint density at radius 3 is 3.00 bits per heavy atom. The molecule has 1 aromatic rings. The third-order valence-electron chi connectivity index (χ3n) is 3.77. The first-order chi connectivity index (χ1) is 10.1. The Hall–Kier alpha value is -1.83. The Morgan fingerprint density at radius 1 is 1.52 bits per heavy atom. The van der Waals surface area contributed by atoms with E-state index in [2.05, 4.69) is 11.8 Å². The highest BCUT2D eigenvalue weighted by atomic mass is 16.3. The number of nitrogens with zero attached hydrogens (tertiary/aromatic N) is 1. The van der Waals surface area contributed by atoms with Gasteiger partial charge in [-0.2, -0.15) is 0 Å². The van der Waals surface area contributed by atoms with Crippen molar-refractivity contribution in [3.8, 4) is 11.8 Å². The van der Waals surface area contributed by atoms with E-state index < -0.39 is 0 Å². The van der Waals surface area contributed by atoms with Gasteiger partial charge < -0.3 is 15.1 Å². The van der Waals surface area contributed by atoms with Crippen LogP contribution in [0.2, 0.25) is 0 Å². The van der Waals surface area contributed by atoms with E-state index in [1.807, 2.05) is 12.1 Å². The predicted molar refractivity (Wildman–Crippen MR) is 80.7 cm³/mol. The minimum Gasteiger partial charge on any atom is -0.395 e. The average Bonchev–Trinajstić information content (AvgIpc) is 2.97. The highest BCUT2D eigenvalue weighted by molar-refractivity contribution is 5.94. The van der Waals surface area contributed by atoms with Crippen LogP contribution in [0, 0.1) is 17.8 Å². The van der Waals surface area contributed by atoms with Gasteiger partial charge in [-0.05, 0) is 31.5 Å². The van der Waals surface area contributed by atoms with Gasteiger partial charge in [0.15, 0.2) is 0 Å². The van der Waals surface area contributed by atoms with Crippen molar-refractivity contribution in [1.29, 1.82) is 0 Å². The number of hydrogen-bond donors (Lipinski definition) is 2. The number of hydrogen-bond acceptors (Lipinski definition) is 3. The molecular formula is C17H21NO3. The molecule has 0 bridgehead atoms. The first-order valence-corrected chi connectivity index (χ1v) is 7.29. The lowest BCUT2D eigenvalue weighted by molar-refractivity contribution is 0.0762. The van der Waals surface area contributed by atoms with Crippen molar-refractivity contribution in [3.63, 3.8) is 0 Å². The van der Waals surface area contributed by atoms with Gasteiger partial charge in [-0.25, -0.2) is 0 Å². The van der Waals surface area contributed by atoms with Crippen LogP contribution in [0.3, 0.4) is 0 Å². The quantitative estimate of drug-likeness (QED) is 0.823. The summed E-state index contributed by atoms with van der Waals surface area (Å²) in [7, 11) is 0. The van der Waals surface area contributed by atoms with Gasteiger partial charge >= 0.3 is 0 Å². The van der Waals surface area contributed by atoms with Crippen LogP contribution in [-0.4, -0.2) is 46.8 Å². The first kappa shape index (κ1) is 15.6. The highest BCUT2D eigenvalue weighted by Crippen LogP contribution is 2.21. The van der Waals surface area contributed by atoms with Crippen molar-refractivity contribution in [2.75, 3.05) is 19.7 Å². The summed E-state index contributed by atoms with van der Waals surface area (Å²) in [4.78, 5) is 14.2. The molecule has 0 radical (unpaired) electrons. The molecular weight excluding hydrogens is 266 g/mol. The molecule has 2 N–H and O–H groups in total. The normalized spacial score (nSPS) is 19.0. The summed E-state index contributed by atoms with van der Waals surface area (Å²) in [6.07, 6.45) is 0.901. The Labute approximate surface area is 125 Å². The molecule has 4 nitrogen and oxygen atoms in total. The van der Waals surface area contributed by atoms with Gasteiger partial charge in [0, 0.05) is 36.6 Å². The maximum Gasteiger partial charge on any atom is 0.253 e. The van der Waals surface area contributed by atoms with E-state index in [0.29, 0.717) is 25.1 Å². The number of rotatable bonds is 3. The molecule has 1 aromatic carbocycles. The largest absolute Gasteiger partial charge is 0.395 e. The molecule has 2 atom stereocenters. The van der Waals surface area contributed by atoms with E-state index in [-0.39, 0.29) is 24.5 Å². The van der Waals surface area contributed by atoms with Gasteiger partial charge in [0.2, 0.25) is 0 Å². The Bertz CT molecular complexity index is 557. The molecule has 1 aliphatic rings. The summed E-state index contributed by atoms with van der Waals surface area (Å²) >= 11 is 0. The van der Waals surface area contributed by atoms with Crippen LogP contribution in [0.1, 0.15) is 35.7 Å². The van der Waals surface area contributed by atoms with Crippen LogP contribution in [0.4, 0.5) is 0 Å². The van der Waals surface area contributed by atoms with E-state index in [9.17, 15) is 9.90 Å². The molecule has 0 aromatic heterocycles. The fourth-order valence-corrected chi connectivity index (χ4v) is 2.50. The Kier molecular flexibility index (Phi) is 5.38. The molecule has 1 heterocycles. The number of carbonyl (C=O) groups is 1. The van der Waals surface area contributed by atoms with Crippen LogP contribution in [0.5, 0.6) is 0 Å². The number of aliphatic hydroxyl groups excluding tert-OH is 2. The maximum atomic E-state index is 12.5. The molecule has 2 rings (SSSR count). The van der Waals surface area contributed by atoms with Gasteiger partial charge in [-0.1, -0.05) is 17.9 Å². The van der Waals surface area contributed by atoms with E-state index >= 15 is 0 Å². The molecule has 112 valence electrons. The monoisotopic (exact) mass is 287 g/mol. The van der Waals surface area contributed by atoms with Gasteiger partial charge in [0.1, 0.15) is 0 Å². The minimum atomic E-state index is -0.376. The molecule has 0 spiro atoms. The van der Waals surface area contributed by atoms with E-state index in [4.69, 9.17) is 5.11 Å². The number of carbonyl (C=O) groups excluding carboxylic acids is 1. The van der Waals surface area contributed by atoms with Gasteiger partial charge in [0.05, 0.1) is 12.7 Å². The summed E-state index contributed by atoms with van der Waals surface area (Å²) in [5.74, 6) is 5.95. The molecule has 1 amide bonds. The van der Waals surface area contributed by atoms with Crippen LogP contribution in [0.15, 0.2) is 24.3 Å². The van der Waals surface area contributed by atoms with E-state index in [0.717, 1.165) is 12.0 Å². The molecule has 4 heteroatoms. The van der Waals surface area contributed by atoms with Crippen molar-refractivity contribution >= 4 is 5.91 Å². The van der Waals surface area contributed by atoms with Crippen LogP contribution in [-0.2, 0) is 0 Å². The molecule has 21 heavy (non-hydrogen) atoms. The second kappa shape index (κ2) is 7.26. The third kappa shape index (κ3) is 4.07. The number of aliphatic hydroxyl groups is 2. The second-order valence-corrected chi connectivity index (χ2v) is 5.40. The standard InChI is InChI=1S/C17H21NO3/c1-13(20)16-8-9-18(12-16)17(21)15-7-4-6-14(11-15)5-2-3-10-19/h4,6-7,11,13,16,19-20H,3,8-10,12H2,1H3. The van der Waals surface area contributed by atoms with Gasteiger partial charge in [-0.3, -0.25) is 4.79 Å². The van der Waals surface area contributed by atoms with Crippen molar-refractivity contribution < 1.29 is 15.0 Å². The third-order valence-corrected chi connectivity index (χ3v) is 3.77. The van der Waals surface area contributed by atoms with E-state index in [1.165, 1.54) is 0 Å². The zero-order valence-corrected chi connectivity index (χ0v) is 12.2. The Balaban J connectivity index is 2.07. The number of likely N-dealkylation sites (tertiary alicyclic amines) is 1. The zero-order chi connectivity index (χ0) is 15.2. The van der Waals surface area contributed by atoms with Crippen LogP contribution >= 0.6 is 0 Å². The smallest absolute Gasteiger partial charge is 0.253 e. The minimum absolute atomic E-state index is 0.0102. The predicted octanol–water partition coefficient (Wildman–Crippen LogP) is 1.26. The summed E-state index contributed by atoms with van der Waals surface area (Å²) in [6.45, 7) is 3.11. The topological polar surface area (TPSA) is 60.8 Å². The Morgan fingerprint density at radius 2 is 2.33 bits per heavy atom. The van der Waals surface area contributed by atoms with Gasteiger partial charge in [-0.15, -0.1) is 0 Å². The first-order valence-electron chi connectivity index (χ1n) is 7.29. The van der Waals surface area contributed by atoms with Crippen molar-refractivity contribution in [2.24, 2.45) is 5.92 Å². The highest BCUT2D eigenvalue weighted by Gasteiger charge is 2.29. The van der Waals surface area contributed by atoms with Crippen LogP contribution < -0.4 is 0 Å². The molecule has 0 saturated carbocycles. The molecule has 1 saturated heterocycles. The fraction of sp³-hybridized carbons (Fsp3) is 0.471. The lowest BCUT2D eigenvalue weighted by Crippen LogP contribution is -2.30. The second-order valence-electron chi connectivity index (χ2n) is 5.40. The lowest BCUT2D eigenvalue weighted by Gasteiger charge is -2.17. The zero-order valence-electron chi connectivity index (χ0n) is 12.2. The van der Waals surface area contributed by atoms with Crippen molar-refractivity contribution in [1.82, 2.24) is 4.90 Å². The molecule has 2 unspecified atom stereocenters. The summed E-state index contributed by atoms with van der Waals surface area (Å²) in [5.41, 5.74) is 1.40. The van der Waals surface area contributed by atoms with Gasteiger partial charge in [0.25, 0.3) is 5.91 Å². The summed E-state index contributed by atoms with van der Waals surface area (Å²) in [5, 5.41) is 18.3. The van der Waals surface area contributed by atoms with Crippen molar-refractivity contribution in [3.05, 3.63) is 35.4 Å². The van der Waals surface area contributed by atoms with Crippen LogP contribution in [0.25, 0.3) is 0 Å². The SMILES string of the molecule is CC(O)C1CCN(C(=O)c2cccc(C#CCCO)c2)C1. The molecule has 1 aliphatic heterocycles. The lowest BCUT2D eigenvalue weighted by atomic mass is 10.0. The summed E-state index contributed by atoms with van der Waals surface area (Å²) in [6, 6.07) is 7.24. The number of benzene rings is 1. The average molecular weight is 287 g/mol. The number of amides is 1. The fourth-order valence-electron chi connectivity index (χ4n) is 2.50. The molecule has 0 aliphatic carbocycles. The molecule has 1 fully saturated rings. The van der Waals surface area contributed by atoms with E-state index in [1.54, 1.807) is 24.0 Å².